The second-order valence-corrected chi connectivity index (χ2v) is 15.3. The van der Waals surface area contributed by atoms with Crippen molar-refractivity contribution in [3.8, 4) is 50.8 Å². The normalized spacial score (nSPS) is 12.9. The summed E-state index contributed by atoms with van der Waals surface area (Å²) in [5.41, 5.74) is 9.44. The van der Waals surface area contributed by atoms with Crippen LogP contribution < -0.4 is 4.74 Å². The summed E-state index contributed by atoms with van der Waals surface area (Å²) < 4.78 is 40.8. The van der Waals surface area contributed by atoms with E-state index >= 15 is 0 Å². The monoisotopic (exact) mass is 728 g/mol. The van der Waals surface area contributed by atoms with E-state index in [1.54, 1.807) is 0 Å². The topological polar surface area (TPSA) is 53.1 Å². The molecule has 56 heavy (non-hydrogen) atoms. The van der Waals surface area contributed by atoms with Crippen LogP contribution in [0.25, 0.3) is 83.1 Å². The number of aromatic nitrogens is 3. The lowest BCUT2D eigenvalue weighted by atomic mass is 9.88. The van der Waals surface area contributed by atoms with E-state index in [1.165, 1.54) is 11.8 Å². The van der Waals surface area contributed by atoms with E-state index in [2.05, 4.69) is 104 Å². The molecular formula is C51H39N3O2. The van der Waals surface area contributed by atoms with Gasteiger partial charge in [-0.3, -0.25) is 9.55 Å². The molecule has 0 fully saturated rings. The molecular weight excluding hydrogens is 687 g/mol. The average molecular weight is 729 g/mol. The summed E-state index contributed by atoms with van der Waals surface area (Å²) in [6.45, 7) is 4.26. The smallest absolute Gasteiger partial charge is 0.145 e. The minimum Gasteiger partial charge on any atom is -0.457 e. The van der Waals surface area contributed by atoms with E-state index in [9.17, 15) is 0 Å². The maximum Gasteiger partial charge on any atom is 0.145 e. The van der Waals surface area contributed by atoms with Gasteiger partial charge in [0.1, 0.15) is 28.5 Å². The Balaban J connectivity index is 1.16. The Labute approximate surface area is 329 Å². The molecule has 0 atom stereocenters. The van der Waals surface area contributed by atoms with Gasteiger partial charge in [-0.1, -0.05) is 106 Å². The molecule has 4 aromatic heterocycles. The fraction of sp³-hybridized carbons (Fsp3) is 0.0980. The number of fused-ring (bicyclic) bond motifs is 6. The number of pyridine rings is 2. The molecule has 0 radical (unpaired) electrons. The van der Waals surface area contributed by atoms with Gasteiger partial charge in [-0.2, -0.15) is 0 Å². The van der Waals surface area contributed by atoms with Crippen molar-refractivity contribution >= 4 is 43.7 Å². The van der Waals surface area contributed by atoms with Crippen molar-refractivity contribution in [3.05, 3.63) is 175 Å². The van der Waals surface area contributed by atoms with Gasteiger partial charge in [-0.05, 0) is 106 Å². The lowest BCUT2D eigenvalue weighted by molar-refractivity contribution is 0.484. The van der Waals surface area contributed by atoms with Crippen molar-refractivity contribution in [2.75, 3.05) is 0 Å². The Morgan fingerprint density at radius 1 is 0.589 bits per heavy atom. The van der Waals surface area contributed by atoms with Gasteiger partial charge < -0.3 is 9.15 Å². The number of rotatable bonds is 6. The number of para-hydroxylation sites is 1. The van der Waals surface area contributed by atoms with Crippen molar-refractivity contribution in [1.29, 1.82) is 0 Å². The molecule has 0 amide bonds. The predicted octanol–water partition coefficient (Wildman–Crippen LogP) is 13.9. The summed E-state index contributed by atoms with van der Waals surface area (Å²) in [4.78, 5) is 9.64. The van der Waals surface area contributed by atoms with Crippen LogP contribution in [-0.4, -0.2) is 14.5 Å². The van der Waals surface area contributed by atoms with Crippen LogP contribution in [0.3, 0.4) is 0 Å². The Morgan fingerprint density at radius 2 is 1.34 bits per heavy atom. The van der Waals surface area contributed by atoms with Gasteiger partial charge in [0.2, 0.25) is 0 Å². The van der Waals surface area contributed by atoms with Crippen molar-refractivity contribution in [1.82, 2.24) is 14.5 Å². The highest BCUT2D eigenvalue weighted by Crippen LogP contribution is 2.43. The zero-order chi connectivity index (χ0) is 40.5. The van der Waals surface area contributed by atoms with Crippen LogP contribution in [-0.2, 0) is 5.41 Å². The maximum atomic E-state index is 8.34. The highest BCUT2D eigenvalue weighted by atomic mass is 16.5. The van der Waals surface area contributed by atoms with Crippen LogP contribution in [0, 0.1) is 6.85 Å². The van der Waals surface area contributed by atoms with Gasteiger partial charge in [0, 0.05) is 49.7 Å². The molecule has 0 saturated heterocycles. The lowest BCUT2D eigenvalue weighted by Crippen LogP contribution is -2.12. The second-order valence-electron chi connectivity index (χ2n) is 15.3. The van der Waals surface area contributed by atoms with Gasteiger partial charge >= 0.3 is 0 Å². The fourth-order valence-electron chi connectivity index (χ4n) is 7.77. The molecule has 6 aromatic carbocycles. The number of benzene rings is 6. The third kappa shape index (κ3) is 5.80. The third-order valence-electron chi connectivity index (χ3n) is 10.6. The molecule has 0 bridgehead atoms. The molecule has 0 aliphatic rings. The predicted molar refractivity (Wildman–Crippen MR) is 230 cm³/mol. The van der Waals surface area contributed by atoms with Gasteiger partial charge in [0.05, 0.1) is 16.7 Å². The standard InChI is InChI=1S/C51H39N3O2/c1-32-31-53-45(30-42(32)34-15-9-6-10-16-34)44-28-38(27-43-41-21-19-35(25-48(41)56-50(43)44)33-13-7-5-8-14-33)55-37-20-22-40-39-17-11-12-18-46(39)54(47(40)29-37)49-26-36(23-24-52-49)51(2,3)4/h5-31H,1-4H3/i1D3. The summed E-state index contributed by atoms with van der Waals surface area (Å²) >= 11 is 0. The summed E-state index contributed by atoms with van der Waals surface area (Å²) in [5, 5.41) is 4.00. The zero-order valence-corrected chi connectivity index (χ0v) is 31.2. The Hall–Kier alpha value is -6.98. The Bertz CT molecular complexity index is 3210. The van der Waals surface area contributed by atoms with E-state index in [1.807, 2.05) is 79.0 Å². The maximum absolute atomic E-state index is 8.34. The third-order valence-corrected chi connectivity index (χ3v) is 10.6. The van der Waals surface area contributed by atoms with Crippen LogP contribution in [0.15, 0.2) is 168 Å². The molecule has 0 aliphatic carbocycles. The first-order chi connectivity index (χ1) is 28.5. The average Bonchev–Trinajstić information content (AvgIpc) is 3.78. The first kappa shape index (κ1) is 30.4. The molecule has 10 rings (SSSR count). The van der Waals surface area contributed by atoms with Gasteiger partial charge in [0.15, 0.2) is 0 Å². The first-order valence-corrected chi connectivity index (χ1v) is 18.8. The van der Waals surface area contributed by atoms with Crippen molar-refractivity contribution in [3.63, 3.8) is 0 Å². The Kier molecular flexibility index (Phi) is 7.10. The van der Waals surface area contributed by atoms with E-state index in [0.717, 1.165) is 60.7 Å². The molecule has 270 valence electrons. The van der Waals surface area contributed by atoms with Crippen molar-refractivity contribution in [2.45, 2.75) is 33.0 Å². The van der Waals surface area contributed by atoms with E-state index in [4.69, 9.17) is 23.2 Å². The summed E-state index contributed by atoms with van der Waals surface area (Å²) in [6, 6.07) is 50.6. The van der Waals surface area contributed by atoms with Gasteiger partial charge in [0.25, 0.3) is 0 Å². The number of hydrogen-bond acceptors (Lipinski definition) is 4. The summed E-state index contributed by atoms with van der Waals surface area (Å²) in [6.07, 6.45) is 3.35. The highest BCUT2D eigenvalue weighted by Gasteiger charge is 2.21. The number of furan rings is 1. The first-order valence-electron chi connectivity index (χ1n) is 20.3. The second kappa shape index (κ2) is 13.1. The fourth-order valence-corrected chi connectivity index (χ4v) is 7.77. The van der Waals surface area contributed by atoms with Crippen molar-refractivity contribution < 1.29 is 13.3 Å². The van der Waals surface area contributed by atoms with Crippen LogP contribution >= 0.6 is 0 Å². The molecule has 5 heteroatoms. The summed E-state index contributed by atoms with van der Waals surface area (Å²) in [7, 11) is 0. The molecule has 0 spiro atoms. The molecule has 0 saturated carbocycles. The minimum absolute atomic E-state index is 0.0504. The molecule has 4 heterocycles. The number of hydrogen-bond donors (Lipinski definition) is 0. The highest BCUT2D eigenvalue weighted by molar-refractivity contribution is 6.11. The number of ether oxygens (including phenoxy) is 1. The number of aryl methyl sites for hydroxylation is 1. The van der Waals surface area contributed by atoms with E-state index in [-0.39, 0.29) is 11.0 Å². The van der Waals surface area contributed by atoms with Gasteiger partial charge in [-0.25, -0.2) is 4.98 Å². The summed E-state index contributed by atoms with van der Waals surface area (Å²) in [5.74, 6) is 2.07. The van der Waals surface area contributed by atoms with Crippen LogP contribution in [0.5, 0.6) is 11.5 Å². The van der Waals surface area contributed by atoms with E-state index < -0.39 is 6.85 Å². The molecule has 0 aliphatic heterocycles. The van der Waals surface area contributed by atoms with Crippen molar-refractivity contribution in [2.24, 2.45) is 0 Å². The minimum atomic E-state index is -2.37. The largest absolute Gasteiger partial charge is 0.457 e. The quantitative estimate of drug-likeness (QED) is 0.171. The van der Waals surface area contributed by atoms with Crippen LogP contribution in [0.2, 0.25) is 0 Å². The molecule has 0 unspecified atom stereocenters. The SMILES string of the molecule is [2H]C([2H])([2H])c1cnc(-c2cc(Oc3ccc4c5ccccc5n(-c5cc(C(C)(C)C)ccn5)c4c3)cc3c2oc2cc(-c4ccccc4)ccc23)cc1-c1ccccc1. The molecule has 10 aromatic rings. The van der Waals surface area contributed by atoms with Crippen LogP contribution in [0.4, 0.5) is 0 Å². The Morgan fingerprint density at radius 3 is 2.14 bits per heavy atom. The van der Waals surface area contributed by atoms with Gasteiger partial charge in [-0.15, -0.1) is 0 Å². The molecule has 5 nitrogen and oxygen atoms in total. The van der Waals surface area contributed by atoms with Crippen LogP contribution in [0.1, 0.15) is 36.0 Å². The number of nitrogens with zero attached hydrogens (tertiary/aromatic N) is 3. The van der Waals surface area contributed by atoms with E-state index in [0.29, 0.717) is 33.9 Å². The zero-order valence-electron chi connectivity index (χ0n) is 34.2. The lowest BCUT2D eigenvalue weighted by Gasteiger charge is -2.20. The molecule has 0 N–H and O–H groups in total.